The zero-order chi connectivity index (χ0) is 33.7. The molecule has 3 rings (SSSR count). The van der Waals surface area contributed by atoms with Crippen molar-refractivity contribution in [1.29, 1.82) is 0 Å². The first-order chi connectivity index (χ1) is 23.0. The van der Waals surface area contributed by atoms with E-state index < -0.39 is 12.0 Å². The van der Waals surface area contributed by atoms with Crippen molar-refractivity contribution < 1.29 is 52.3 Å². The molecule has 264 valence electrons. The van der Waals surface area contributed by atoms with E-state index >= 15 is 0 Å². The predicted molar refractivity (Wildman–Crippen MR) is 188 cm³/mol. The van der Waals surface area contributed by atoms with Gasteiger partial charge in [0.15, 0.2) is 6.20 Å². The van der Waals surface area contributed by atoms with Crippen molar-refractivity contribution in [2.75, 3.05) is 13.7 Å². The third-order valence-electron chi connectivity index (χ3n) is 8.24. The highest BCUT2D eigenvalue weighted by atomic mass is 127. The van der Waals surface area contributed by atoms with E-state index in [1.165, 1.54) is 71.3 Å². The maximum atomic E-state index is 13.7. The molecule has 0 aliphatic carbocycles. The van der Waals surface area contributed by atoms with Crippen LogP contribution in [0.5, 0.6) is 11.5 Å². The number of pyridine rings is 1. The van der Waals surface area contributed by atoms with Crippen LogP contribution in [0.4, 0.5) is 4.79 Å². The number of hydrogen-bond acceptors (Lipinski definition) is 5. The molecule has 0 saturated carbocycles. The van der Waals surface area contributed by atoms with Crippen LogP contribution < -0.4 is 38.0 Å². The van der Waals surface area contributed by atoms with Crippen LogP contribution in [0.25, 0.3) is 0 Å². The fraction of sp³-hybridized carbons (Fsp3) is 0.513. The summed E-state index contributed by atoms with van der Waals surface area (Å²) in [5.41, 5.74) is 1.79. The Balaban J connectivity index is 0.00000800. The molecule has 0 N–H and O–H groups in total. The zero-order valence-corrected chi connectivity index (χ0v) is 32.0. The van der Waals surface area contributed by atoms with Crippen molar-refractivity contribution in [1.82, 2.24) is 4.90 Å². The molecule has 0 spiro atoms. The zero-order valence-electron chi connectivity index (χ0n) is 29.1. The van der Waals surface area contributed by atoms with Gasteiger partial charge in [-0.1, -0.05) is 120 Å². The molecule has 48 heavy (non-hydrogen) atoms. The molecule has 0 fully saturated rings. The van der Waals surface area contributed by atoms with E-state index in [2.05, 4.69) is 13.8 Å². The van der Waals surface area contributed by atoms with Crippen LogP contribution in [0.2, 0.25) is 5.02 Å². The first-order valence-electron chi connectivity index (χ1n) is 17.5. The number of hydrogen-bond donors (Lipinski definition) is 0. The Morgan fingerprint density at radius 1 is 0.771 bits per heavy atom. The first-order valence-corrected chi connectivity index (χ1v) is 17.9. The standard InChI is InChI=1S/C39H54ClN2O5.HI/c1-4-6-7-8-9-10-11-12-13-14-15-20-28-46-37-25-24-32(29-35(37)40)31-47-39(44)42(30-33-21-18-19-27-41(33)26-5-2)38(43)34-22-16-17-23-36(34)45-3;/h16-19,21-25,27,29H,4-15,20,26,28,30-31H2,1-3H3;1H/q+1;/p-1. The molecule has 0 saturated heterocycles. The highest BCUT2D eigenvalue weighted by Gasteiger charge is 2.29. The summed E-state index contributed by atoms with van der Waals surface area (Å²) in [5.74, 6) is 0.497. The van der Waals surface area contributed by atoms with Gasteiger partial charge in [0.1, 0.15) is 31.2 Å². The second-order valence-corrected chi connectivity index (χ2v) is 12.4. The average molecular weight is 793 g/mol. The van der Waals surface area contributed by atoms with Crippen molar-refractivity contribution in [2.45, 2.75) is 117 Å². The summed E-state index contributed by atoms with van der Waals surface area (Å²) in [7, 11) is 1.50. The van der Waals surface area contributed by atoms with Crippen molar-refractivity contribution in [3.63, 3.8) is 0 Å². The Morgan fingerprint density at radius 3 is 2.06 bits per heavy atom. The molecule has 1 aromatic heterocycles. The molecular weight excluding hydrogens is 739 g/mol. The van der Waals surface area contributed by atoms with Gasteiger partial charge in [-0.25, -0.2) is 14.3 Å². The molecule has 0 radical (unpaired) electrons. The molecule has 0 aliphatic heterocycles. The van der Waals surface area contributed by atoms with Crippen LogP contribution in [-0.4, -0.2) is 30.6 Å². The summed E-state index contributed by atoms with van der Waals surface area (Å²) in [6.07, 6.45) is 17.6. The molecule has 9 heteroatoms. The number of carbonyl (C=O) groups excluding carboxylic acids is 2. The summed E-state index contributed by atoms with van der Waals surface area (Å²) >= 11 is 6.53. The Labute approximate surface area is 310 Å². The van der Waals surface area contributed by atoms with Gasteiger partial charge in [-0.2, -0.15) is 0 Å². The number of aryl methyl sites for hydroxylation is 1. The first kappa shape index (κ1) is 41.3. The summed E-state index contributed by atoms with van der Waals surface area (Å²) < 4.78 is 19.1. The normalized spacial score (nSPS) is 10.7. The van der Waals surface area contributed by atoms with Crippen LogP contribution >= 0.6 is 11.6 Å². The third kappa shape index (κ3) is 14.3. The van der Waals surface area contributed by atoms with Crippen LogP contribution in [0, 0.1) is 0 Å². The van der Waals surface area contributed by atoms with E-state index in [0.29, 0.717) is 28.7 Å². The van der Waals surface area contributed by atoms with Crippen LogP contribution in [-0.2, 0) is 24.4 Å². The number of nitrogens with zero attached hydrogens (tertiary/aromatic N) is 2. The van der Waals surface area contributed by atoms with E-state index in [0.717, 1.165) is 36.4 Å². The molecule has 3 aromatic rings. The van der Waals surface area contributed by atoms with Crippen LogP contribution in [0.15, 0.2) is 66.9 Å². The van der Waals surface area contributed by atoms with Crippen molar-refractivity contribution in [2.24, 2.45) is 0 Å². The Bertz CT molecular complexity index is 1370. The summed E-state index contributed by atoms with van der Waals surface area (Å²) in [5, 5.41) is 0.462. The lowest BCUT2D eigenvalue weighted by Crippen LogP contribution is -3.00. The molecule has 1 heterocycles. The summed E-state index contributed by atoms with van der Waals surface area (Å²) in [4.78, 5) is 28.3. The van der Waals surface area contributed by atoms with Gasteiger partial charge >= 0.3 is 6.09 Å². The third-order valence-corrected chi connectivity index (χ3v) is 8.53. The monoisotopic (exact) mass is 792 g/mol. The highest BCUT2D eigenvalue weighted by molar-refractivity contribution is 6.32. The minimum Gasteiger partial charge on any atom is -1.00 e. The number of imide groups is 1. The molecule has 2 amide bonds. The van der Waals surface area contributed by atoms with E-state index in [1.807, 2.05) is 35.0 Å². The number of unbranched alkanes of at least 4 members (excludes halogenated alkanes) is 11. The topological polar surface area (TPSA) is 69.0 Å². The van der Waals surface area contributed by atoms with Gasteiger partial charge in [0.25, 0.3) is 5.91 Å². The number of ether oxygens (including phenoxy) is 3. The molecule has 0 atom stereocenters. The van der Waals surface area contributed by atoms with E-state index in [-0.39, 0.29) is 42.7 Å². The van der Waals surface area contributed by atoms with Gasteiger partial charge in [0.2, 0.25) is 5.69 Å². The van der Waals surface area contributed by atoms with Crippen LogP contribution in [0.3, 0.4) is 0 Å². The fourth-order valence-electron chi connectivity index (χ4n) is 5.56. The lowest BCUT2D eigenvalue weighted by molar-refractivity contribution is -0.704. The lowest BCUT2D eigenvalue weighted by Gasteiger charge is -2.21. The Kier molecular flexibility index (Phi) is 20.9. The molecule has 0 bridgehead atoms. The number of benzene rings is 2. The summed E-state index contributed by atoms with van der Waals surface area (Å²) in [6, 6.07) is 18.0. The number of amides is 2. The minimum absolute atomic E-state index is 0. The quantitative estimate of drug-likeness (QED) is 0.0617. The van der Waals surface area contributed by atoms with Crippen molar-refractivity contribution >= 4 is 23.6 Å². The number of rotatable bonds is 22. The minimum atomic E-state index is -0.753. The van der Waals surface area contributed by atoms with Crippen LogP contribution in [0.1, 0.15) is 119 Å². The SMILES string of the molecule is CCCCCCCCCCCCCCOc1ccc(COC(=O)N(Cc2cccc[n+]2CCC)C(=O)c2ccccc2OC)cc1Cl.[I-]. The maximum absolute atomic E-state index is 13.7. The second kappa shape index (κ2) is 24.3. The van der Waals surface area contributed by atoms with Crippen molar-refractivity contribution in [3.05, 3.63) is 88.7 Å². The van der Waals surface area contributed by atoms with Gasteiger partial charge < -0.3 is 38.2 Å². The molecular formula is C39H54ClIN2O5. The van der Waals surface area contributed by atoms with E-state index in [1.54, 1.807) is 36.4 Å². The number of halogens is 2. The Hall–Kier alpha value is -2.85. The smallest absolute Gasteiger partial charge is 0.417 e. The molecule has 0 unspecified atom stereocenters. The number of para-hydroxylation sites is 1. The Morgan fingerprint density at radius 2 is 1.42 bits per heavy atom. The summed E-state index contributed by atoms with van der Waals surface area (Å²) in [6.45, 7) is 5.71. The molecule has 0 aliphatic rings. The highest BCUT2D eigenvalue weighted by Crippen LogP contribution is 2.27. The second-order valence-electron chi connectivity index (χ2n) is 12.0. The lowest BCUT2D eigenvalue weighted by atomic mass is 10.1. The van der Waals surface area contributed by atoms with Gasteiger partial charge in [-0.3, -0.25) is 4.79 Å². The van der Waals surface area contributed by atoms with Gasteiger partial charge in [0.05, 0.1) is 24.3 Å². The van der Waals surface area contributed by atoms with Crippen molar-refractivity contribution in [3.8, 4) is 11.5 Å². The number of methoxy groups -OCH3 is 1. The van der Waals surface area contributed by atoms with Gasteiger partial charge in [0, 0.05) is 18.6 Å². The average Bonchev–Trinajstić information content (AvgIpc) is 3.09. The number of aromatic nitrogens is 1. The largest absolute Gasteiger partial charge is 1.00 e. The van der Waals surface area contributed by atoms with Gasteiger partial charge in [-0.15, -0.1) is 0 Å². The molecule has 2 aromatic carbocycles. The van der Waals surface area contributed by atoms with E-state index in [4.69, 9.17) is 25.8 Å². The fourth-order valence-corrected chi connectivity index (χ4v) is 5.82. The van der Waals surface area contributed by atoms with Gasteiger partial charge in [-0.05, 0) is 36.2 Å². The van der Waals surface area contributed by atoms with E-state index in [9.17, 15) is 9.59 Å². The maximum Gasteiger partial charge on any atom is 0.417 e. The molecule has 7 nitrogen and oxygen atoms in total. The number of carbonyl (C=O) groups is 2. The predicted octanol–water partition coefficient (Wildman–Crippen LogP) is 7.11.